The molecule has 0 fully saturated rings. The lowest BCUT2D eigenvalue weighted by molar-refractivity contribution is -0.121. The standard InChI is InChI=1S/C20H20N4O3/c1-3-10-27-18-9-8-15(11-19(18)26-2)12-22-23-20(25)13-24-14-21-16-6-4-5-7-17(16)24/h3-9,11-12,14H,1,10,13H2,2H3,(H,23,25)/b22-12-. The molecular weight excluding hydrogens is 344 g/mol. The van der Waals surface area contributed by atoms with E-state index in [0.29, 0.717) is 18.1 Å². The molecule has 0 bridgehead atoms. The summed E-state index contributed by atoms with van der Waals surface area (Å²) in [5.74, 6) is 0.954. The van der Waals surface area contributed by atoms with Crippen molar-refractivity contribution in [3.05, 3.63) is 67.0 Å². The summed E-state index contributed by atoms with van der Waals surface area (Å²) in [5.41, 5.74) is 5.03. The first-order valence-corrected chi connectivity index (χ1v) is 8.35. The Morgan fingerprint density at radius 1 is 1.30 bits per heavy atom. The Hall–Kier alpha value is -3.61. The first kappa shape index (κ1) is 18.2. The van der Waals surface area contributed by atoms with Crippen LogP contribution >= 0.6 is 0 Å². The number of carbonyl (C=O) groups excluding carboxylic acids is 1. The fourth-order valence-corrected chi connectivity index (χ4v) is 2.54. The van der Waals surface area contributed by atoms with Gasteiger partial charge in [-0.05, 0) is 35.9 Å². The highest BCUT2D eigenvalue weighted by Gasteiger charge is 2.07. The van der Waals surface area contributed by atoms with E-state index in [4.69, 9.17) is 9.47 Å². The van der Waals surface area contributed by atoms with Gasteiger partial charge in [0.15, 0.2) is 11.5 Å². The van der Waals surface area contributed by atoms with Crippen molar-refractivity contribution in [2.45, 2.75) is 6.54 Å². The number of hydrogen-bond acceptors (Lipinski definition) is 5. The van der Waals surface area contributed by atoms with Crippen molar-refractivity contribution in [1.82, 2.24) is 15.0 Å². The molecule has 138 valence electrons. The zero-order valence-electron chi connectivity index (χ0n) is 15.0. The number of fused-ring (bicyclic) bond motifs is 1. The van der Waals surface area contributed by atoms with Crippen LogP contribution in [0, 0.1) is 0 Å². The SMILES string of the molecule is C=CCOc1ccc(/C=N\NC(=O)Cn2cnc3ccccc32)cc1OC. The topological polar surface area (TPSA) is 77.7 Å². The zero-order valence-corrected chi connectivity index (χ0v) is 15.0. The van der Waals surface area contributed by atoms with Crippen molar-refractivity contribution in [3.8, 4) is 11.5 Å². The summed E-state index contributed by atoms with van der Waals surface area (Å²) in [6.07, 6.45) is 4.85. The van der Waals surface area contributed by atoms with Crippen LogP contribution in [0.5, 0.6) is 11.5 Å². The van der Waals surface area contributed by atoms with Crippen LogP contribution in [-0.4, -0.2) is 35.4 Å². The number of nitrogens with one attached hydrogen (secondary N) is 1. The van der Waals surface area contributed by atoms with E-state index in [0.717, 1.165) is 16.6 Å². The lowest BCUT2D eigenvalue weighted by Gasteiger charge is -2.09. The number of amides is 1. The number of imidazole rings is 1. The molecule has 0 atom stereocenters. The number of hydrogen-bond donors (Lipinski definition) is 1. The molecule has 1 aromatic heterocycles. The summed E-state index contributed by atoms with van der Waals surface area (Å²) in [7, 11) is 1.56. The van der Waals surface area contributed by atoms with Gasteiger partial charge >= 0.3 is 0 Å². The third-order valence-corrected chi connectivity index (χ3v) is 3.79. The highest BCUT2D eigenvalue weighted by Crippen LogP contribution is 2.27. The maximum Gasteiger partial charge on any atom is 0.260 e. The van der Waals surface area contributed by atoms with Crippen molar-refractivity contribution in [2.24, 2.45) is 5.10 Å². The van der Waals surface area contributed by atoms with Gasteiger partial charge in [0, 0.05) is 0 Å². The van der Waals surface area contributed by atoms with Gasteiger partial charge in [-0.1, -0.05) is 24.8 Å². The van der Waals surface area contributed by atoms with Crippen molar-refractivity contribution < 1.29 is 14.3 Å². The number of rotatable bonds is 8. The number of benzene rings is 2. The number of ether oxygens (including phenoxy) is 2. The van der Waals surface area contributed by atoms with Gasteiger partial charge in [0.05, 0.1) is 30.7 Å². The molecule has 0 saturated carbocycles. The van der Waals surface area contributed by atoms with E-state index in [1.54, 1.807) is 42.4 Å². The number of para-hydroxylation sites is 2. The molecule has 0 aliphatic rings. The summed E-state index contributed by atoms with van der Waals surface area (Å²) < 4.78 is 12.6. The third kappa shape index (κ3) is 4.52. The van der Waals surface area contributed by atoms with Crippen LogP contribution in [0.4, 0.5) is 0 Å². The predicted molar refractivity (Wildman–Crippen MR) is 104 cm³/mol. The Morgan fingerprint density at radius 2 is 2.15 bits per heavy atom. The highest BCUT2D eigenvalue weighted by molar-refractivity contribution is 5.84. The molecule has 1 N–H and O–H groups in total. The van der Waals surface area contributed by atoms with Crippen LogP contribution in [0.2, 0.25) is 0 Å². The summed E-state index contributed by atoms with van der Waals surface area (Å²) in [4.78, 5) is 16.4. The molecule has 0 spiro atoms. The third-order valence-electron chi connectivity index (χ3n) is 3.79. The largest absolute Gasteiger partial charge is 0.493 e. The molecule has 0 unspecified atom stereocenters. The summed E-state index contributed by atoms with van der Waals surface area (Å²) in [6.45, 7) is 4.14. The first-order chi connectivity index (χ1) is 13.2. The molecule has 0 radical (unpaired) electrons. The molecule has 1 amide bonds. The van der Waals surface area contributed by atoms with Crippen LogP contribution in [0.1, 0.15) is 5.56 Å². The number of carbonyl (C=O) groups is 1. The van der Waals surface area contributed by atoms with Gasteiger partial charge in [-0.2, -0.15) is 5.10 Å². The molecule has 1 heterocycles. The Bertz CT molecular complexity index is 978. The molecule has 27 heavy (non-hydrogen) atoms. The molecule has 3 aromatic rings. The van der Waals surface area contributed by atoms with Crippen molar-refractivity contribution in [2.75, 3.05) is 13.7 Å². The molecular formula is C20H20N4O3. The van der Waals surface area contributed by atoms with E-state index in [1.165, 1.54) is 0 Å². The van der Waals surface area contributed by atoms with Gasteiger partial charge in [-0.3, -0.25) is 4.79 Å². The van der Waals surface area contributed by atoms with E-state index in [9.17, 15) is 4.79 Å². The van der Waals surface area contributed by atoms with Crippen LogP contribution in [0.25, 0.3) is 11.0 Å². The second-order valence-corrected chi connectivity index (χ2v) is 5.66. The second kappa shape index (κ2) is 8.66. The predicted octanol–water partition coefficient (Wildman–Crippen LogP) is 2.76. The fraction of sp³-hybridized carbons (Fsp3) is 0.150. The van der Waals surface area contributed by atoms with Crippen LogP contribution < -0.4 is 14.9 Å². The Labute approximate surface area is 156 Å². The average molecular weight is 364 g/mol. The van der Waals surface area contributed by atoms with Crippen molar-refractivity contribution in [3.63, 3.8) is 0 Å². The monoisotopic (exact) mass is 364 g/mol. The maximum atomic E-state index is 12.1. The quantitative estimate of drug-likeness (QED) is 0.379. The summed E-state index contributed by atoms with van der Waals surface area (Å²) >= 11 is 0. The van der Waals surface area contributed by atoms with Crippen LogP contribution in [0.15, 0.2) is 66.5 Å². The van der Waals surface area contributed by atoms with Crippen LogP contribution in [0.3, 0.4) is 0 Å². The molecule has 0 aliphatic carbocycles. The Kier molecular flexibility index (Phi) is 5.84. The van der Waals surface area contributed by atoms with Gasteiger partial charge in [0.2, 0.25) is 0 Å². The Morgan fingerprint density at radius 3 is 2.96 bits per heavy atom. The molecule has 2 aromatic carbocycles. The summed E-state index contributed by atoms with van der Waals surface area (Å²) in [5, 5.41) is 4.00. The Balaban J connectivity index is 1.61. The lowest BCUT2D eigenvalue weighted by Crippen LogP contribution is -2.22. The normalized spacial score (nSPS) is 10.9. The lowest BCUT2D eigenvalue weighted by atomic mass is 10.2. The van der Waals surface area contributed by atoms with E-state index >= 15 is 0 Å². The van der Waals surface area contributed by atoms with Gasteiger partial charge in [0.1, 0.15) is 13.2 Å². The minimum atomic E-state index is -0.243. The number of nitrogens with zero attached hydrogens (tertiary/aromatic N) is 3. The van der Waals surface area contributed by atoms with Gasteiger partial charge in [-0.25, -0.2) is 10.4 Å². The summed E-state index contributed by atoms with van der Waals surface area (Å²) in [6, 6.07) is 13.0. The van der Waals surface area contributed by atoms with E-state index in [1.807, 2.05) is 30.3 Å². The molecule has 0 saturated heterocycles. The first-order valence-electron chi connectivity index (χ1n) is 8.35. The van der Waals surface area contributed by atoms with E-state index < -0.39 is 0 Å². The zero-order chi connectivity index (χ0) is 19.1. The molecule has 7 heteroatoms. The van der Waals surface area contributed by atoms with Crippen molar-refractivity contribution >= 4 is 23.2 Å². The van der Waals surface area contributed by atoms with Crippen molar-refractivity contribution in [1.29, 1.82) is 0 Å². The molecule has 7 nitrogen and oxygen atoms in total. The number of hydrazone groups is 1. The molecule has 3 rings (SSSR count). The van der Waals surface area contributed by atoms with Crippen LogP contribution in [-0.2, 0) is 11.3 Å². The molecule has 0 aliphatic heterocycles. The highest BCUT2D eigenvalue weighted by atomic mass is 16.5. The van der Waals surface area contributed by atoms with Gasteiger partial charge in [-0.15, -0.1) is 0 Å². The minimum absolute atomic E-state index is 0.134. The van der Waals surface area contributed by atoms with Gasteiger partial charge in [0.25, 0.3) is 5.91 Å². The fourth-order valence-electron chi connectivity index (χ4n) is 2.54. The minimum Gasteiger partial charge on any atom is -0.493 e. The second-order valence-electron chi connectivity index (χ2n) is 5.66. The van der Waals surface area contributed by atoms with E-state index in [-0.39, 0.29) is 12.5 Å². The van der Waals surface area contributed by atoms with E-state index in [2.05, 4.69) is 22.1 Å². The average Bonchev–Trinajstić information content (AvgIpc) is 3.09. The maximum absolute atomic E-state index is 12.1. The smallest absolute Gasteiger partial charge is 0.260 e. The van der Waals surface area contributed by atoms with Gasteiger partial charge < -0.3 is 14.0 Å². The number of aromatic nitrogens is 2. The number of methoxy groups -OCH3 is 1.